The van der Waals surface area contributed by atoms with Gasteiger partial charge in [0.15, 0.2) is 0 Å². The topological polar surface area (TPSA) is 64.9 Å². The molecule has 32 heavy (non-hydrogen) atoms. The molecule has 2 heterocycles. The van der Waals surface area contributed by atoms with Crippen LogP contribution < -0.4 is 14.8 Å². The van der Waals surface area contributed by atoms with Crippen LogP contribution >= 0.6 is 0 Å². The number of nitrogens with zero attached hydrogens (tertiary/aromatic N) is 2. The Bertz CT molecular complexity index is 1220. The van der Waals surface area contributed by atoms with Crippen molar-refractivity contribution in [2.45, 2.75) is 26.2 Å². The van der Waals surface area contributed by atoms with E-state index in [4.69, 9.17) is 9.47 Å². The molecule has 0 aliphatic carbocycles. The number of hydrogen-bond acceptors (Lipinski definition) is 4. The smallest absolute Gasteiger partial charge is 0.225 e. The highest BCUT2D eigenvalue weighted by Gasteiger charge is 2.23. The van der Waals surface area contributed by atoms with Crippen LogP contribution in [0.25, 0.3) is 5.65 Å². The van der Waals surface area contributed by atoms with Crippen molar-refractivity contribution in [3.63, 3.8) is 0 Å². The zero-order chi connectivity index (χ0) is 22.7. The third-order valence-corrected chi connectivity index (χ3v) is 5.56. The van der Waals surface area contributed by atoms with Gasteiger partial charge >= 0.3 is 0 Å². The highest BCUT2D eigenvalue weighted by atomic mass is 16.5. The Labute approximate surface area is 187 Å². The van der Waals surface area contributed by atoms with Crippen molar-refractivity contribution in [2.75, 3.05) is 19.5 Å². The fourth-order valence-electron chi connectivity index (χ4n) is 3.82. The Morgan fingerprint density at radius 3 is 2.31 bits per heavy atom. The normalized spacial score (nSPS) is 11.9. The molecule has 164 valence electrons. The Kier molecular flexibility index (Phi) is 6.12. The Balaban J connectivity index is 1.74. The monoisotopic (exact) mass is 429 g/mol. The summed E-state index contributed by atoms with van der Waals surface area (Å²) in [6, 6.07) is 17.6. The molecule has 0 fully saturated rings. The summed E-state index contributed by atoms with van der Waals surface area (Å²) in [5.74, 6) is 1.02. The number of benzene rings is 2. The van der Waals surface area contributed by atoms with Crippen LogP contribution in [-0.4, -0.2) is 29.5 Å². The number of aryl methyl sites for hydroxylation is 2. The number of pyridine rings is 1. The minimum absolute atomic E-state index is 0.0808. The quantitative estimate of drug-likeness (QED) is 0.442. The van der Waals surface area contributed by atoms with Crippen molar-refractivity contribution in [1.82, 2.24) is 9.38 Å². The molecule has 0 bridgehead atoms. The predicted molar refractivity (Wildman–Crippen MR) is 126 cm³/mol. The first-order valence-corrected chi connectivity index (χ1v) is 10.5. The Morgan fingerprint density at radius 2 is 1.66 bits per heavy atom. The molecule has 1 amide bonds. The molecule has 2 aromatic carbocycles. The van der Waals surface area contributed by atoms with Crippen molar-refractivity contribution in [3.8, 4) is 11.5 Å². The van der Waals surface area contributed by atoms with Crippen molar-refractivity contribution in [1.29, 1.82) is 0 Å². The molecule has 2 aromatic heterocycles. The summed E-state index contributed by atoms with van der Waals surface area (Å²) < 4.78 is 13.0. The van der Waals surface area contributed by atoms with Gasteiger partial charge in [0.05, 0.1) is 19.9 Å². The van der Waals surface area contributed by atoms with Gasteiger partial charge in [0.1, 0.15) is 17.1 Å². The number of hydrogen-bond donors (Lipinski definition) is 1. The van der Waals surface area contributed by atoms with Gasteiger partial charge in [0.25, 0.3) is 0 Å². The minimum Gasteiger partial charge on any atom is -0.497 e. The number of amides is 1. The number of carbonyl (C=O) groups excluding carboxylic acids is 1. The highest BCUT2D eigenvalue weighted by molar-refractivity contribution is 5.91. The number of ether oxygens (including phenoxy) is 2. The maximum atomic E-state index is 13.1. The van der Waals surface area contributed by atoms with Gasteiger partial charge in [-0.05, 0) is 61.4 Å². The summed E-state index contributed by atoms with van der Waals surface area (Å²) in [6.07, 6.45) is 4.08. The number of carbonyl (C=O) groups is 1. The summed E-state index contributed by atoms with van der Waals surface area (Å²) >= 11 is 0. The van der Waals surface area contributed by atoms with E-state index in [9.17, 15) is 4.79 Å². The first-order valence-electron chi connectivity index (χ1n) is 10.5. The highest BCUT2D eigenvalue weighted by Crippen LogP contribution is 2.34. The van der Waals surface area contributed by atoms with Crippen LogP contribution in [0.3, 0.4) is 0 Å². The number of fused-ring (bicyclic) bond motifs is 1. The van der Waals surface area contributed by atoms with Crippen LogP contribution in [0.15, 0.2) is 67.0 Å². The van der Waals surface area contributed by atoms with E-state index in [1.54, 1.807) is 14.2 Å². The van der Waals surface area contributed by atoms with Crippen molar-refractivity contribution in [3.05, 3.63) is 89.4 Å². The SMILES string of the molecule is COc1cc(OC)cc(C(CC(=O)Nc2ccc(C)cc2)c2cnc3cc(C)ccn23)c1. The zero-order valence-corrected chi connectivity index (χ0v) is 18.8. The second-order valence-electron chi connectivity index (χ2n) is 7.93. The number of methoxy groups -OCH3 is 2. The maximum absolute atomic E-state index is 13.1. The van der Waals surface area contributed by atoms with E-state index < -0.39 is 0 Å². The molecule has 1 unspecified atom stereocenters. The van der Waals surface area contributed by atoms with Gasteiger partial charge in [-0.2, -0.15) is 0 Å². The summed E-state index contributed by atoms with van der Waals surface area (Å²) in [4.78, 5) is 17.7. The molecule has 1 atom stereocenters. The lowest BCUT2D eigenvalue weighted by Gasteiger charge is -2.19. The van der Waals surface area contributed by atoms with Gasteiger partial charge in [-0.1, -0.05) is 17.7 Å². The third kappa shape index (κ3) is 4.59. The fraction of sp³-hybridized carbons (Fsp3) is 0.231. The summed E-state index contributed by atoms with van der Waals surface area (Å²) in [6.45, 7) is 4.05. The molecule has 0 saturated heterocycles. The van der Waals surface area contributed by atoms with Crippen LogP contribution in [0.4, 0.5) is 5.69 Å². The molecular formula is C26H27N3O3. The molecule has 4 rings (SSSR count). The largest absolute Gasteiger partial charge is 0.497 e. The van der Waals surface area contributed by atoms with Gasteiger partial charge in [-0.15, -0.1) is 0 Å². The van der Waals surface area contributed by atoms with E-state index in [0.29, 0.717) is 11.5 Å². The van der Waals surface area contributed by atoms with Gasteiger partial charge in [0.2, 0.25) is 5.91 Å². The van der Waals surface area contributed by atoms with Crippen LogP contribution in [0.1, 0.15) is 34.7 Å². The third-order valence-electron chi connectivity index (χ3n) is 5.56. The standard InChI is InChI=1S/C26H27N3O3/c1-17-5-7-20(8-6-17)28-26(30)15-23(19-12-21(31-3)14-22(13-19)32-4)24-16-27-25-11-18(2)9-10-29(24)25/h5-14,16,23H,15H2,1-4H3,(H,28,30). The van der Waals surface area contributed by atoms with Crippen molar-refractivity contribution < 1.29 is 14.3 Å². The second-order valence-corrected chi connectivity index (χ2v) is 7.93. The van der Waals surface area contributed by atoms with Crippen LogP contribution in [-0.2, 0) is 4.79 Å². The van der Waals surface area contributed by atoms with Crippen molar-refractivity contribution >= 4 is 17.2 Å². The van der Waals surface area contributed by atoms with Gasteiger partial charge in [-0.3, -0.25) is 4.79 Å². The van der Waals surface area contributed by atoms with Crippen LogP contribution in [0.2, 0.25) is 0 Å². The van der Waals surface area contributed by atoms with E-state index in [1.165, 1.54) is 0 Å². The molecule has 0 saturated carbocycles. The lowest BCUT2D eigenvalue weighted by Crippen LogP contribution is -2.17. The first kappa shape index (κ1) is 21.4. The molecule has 0 aliphatic rings. The zero-order valence-electron chi connectivity index (χ0n) is 18.8. The molecule has 4 aromatic rings. The molecular weight excluding hydrogens is 402 g/mol. The lowest BCUT2D eigenvalue weighted by molar-refractivity contribution is -0.116. The maximum Gasteiger partial charge on any atom is 0.225 e. The van der Waals surface area contributed by atoms with Crippen LogP contribution in [0, 0.1) is 13.8 Å². The predicted octanol–water partition coefficient (Wildman–Crippen LogP) is 5.13. The number of aromatic nitrogens is 2. The van der Waals surface area contributed by atoms with Gasteiger partial charge in [0, 0.05) is 36.5 Å². The van der Waals surface area contributed by atoms with Crippen LogP contribution in [0.5, 0.6) is 11.5 Å². The molecule has 0 spiro atoms. The summed E-state index contributed by atoms with van der Waals surface area (Å²) in [5.41, 5.74) is 5.74. The number of nitrogens with one attached hydrogen (secondary N) is 1. The second kappa shape index (κ2) is 9.14. The van der Waals surface area contributed by atoms with Gasteiger partial charge < -0.3 is 19.2 Å². The van der Waals surface area contributed by atoms with E-state index >= 15 is 0 Å². The lowest BCUT2D eigenvalue weighted by atomic mass is 9.91. The van der Waals surface area contributed by atoms with Gasteiger partial charge in [-0.25, -0.2) is 4.98 Å². The Hall–Kier alpha value is -3.80. The molecule has 1 N–H and O–H groups in total. The summed E-state index contributed by atoms with van der Waals surface area (Å²) in [5, 5.41) is 3.01. The minimum atomic E-state index is -0.248. The molecule has 6 heteroatoms. The summed E-state index contributed by atoms with van der Waals surface area (Å²) in [7, 11) is 3.24. The van der Waals surface area contributed by atoms with E-state index in [0.717, 1.165) is 33.7 Å². The van der Waals surface area contributed by atoms with E-state index in [1.807, 2.05) is 85.2 Å². The molecule has 0 aliphatic heterocycles. The fourth-order valence-corrected chi connectivity index (χ4v) is 3.82. The Morgan fingerprint density at radius 1 is 0.969 bits per heavy atom. The van der Waals surface area contributed by atoms with E-state index in [-0.39, 0.29) is 18.2 Å². The average molecular weight is 430 g/mol. The molecule has 0 radical (unpaired) electrons. The number of anilines is 1. The molecule has 6 nitrogen and oxygen atoms in total. The number of rotatable bonds is 7. The average Bonchev–Trinajstić information content (AvgIpc) is 3.21. The van der Waals surface area contributed by atoms with Crippen molar-refractivity contribution in [2.24, 2.45) is 0 Å². The first-order chi connectivity index (χ1) is 15.5. The number of imidazole rings is 1. The van der Waals surface area contributed by atoms with E-state index in [2.05, 4.69) is 10.3 Å².